The van der Waals surface area contributed by atoms with Gasteiger partial charge in [0.25, 0.3) is 11.8 Å². The summed E-state index contributed by atoms with van der Waals surface area (Å²) in [6.45, 7) is 11.5. The van der Waals surface area contributed by atoms with Gasteiger partial charge in [-0.05, 0) is 84.1 Å². The maximum Gasteiger partial charge on any atom is 0.410 e. The molecule has 0 unspecified atom stereocenters. The van der Waals surface area contributed by atoms with Crippen LogP contribution in [0.4, 0.5) is 41.1 Å². The van der Waals surface area contributed by atoms with Crippen LogP contribution in [0.25, 0.3) is 0 Å². The number of aromatic nitrogens is 2. The summed E-state index contributed by atoms with van der Waals surface area (Å²) >= 11 is 0. The first-order valence-electron chi connectivity index (χ1n) is 21.3. The lowest BCUT2D eigenvalue weighted by atomic mass is 9.89. The lowest BCUT2D eigenvalue weighted by Gasteiger charge is -2.43. The summed E-state index contributed by atoms with van der Waals surface area (Å²) < 4.78 is 56.8. The van der Waals surface area contributed by atoms with Gasteiger partial charge in [-0.25, -0.2) is 14.2 Å². The number of alkyl halides is 2. The van der Waals surface area contributed by atoms with Crippen molar-refractivity contribution in [3.63, 3.8) is 0 Å². The Labute approximate surface area is 345 Å². The number of amides is 3. The molecule has 324 valence electrons. The van der Waals surface area contributed by atoms with E-state index in [0.29, 0.717) is 24.8 Å². The number of rotatable bonds is 9. The number of benzene rings is 1. The van der Waals surface area contributed by atoms with Crippen molar-refractivity contribution in [2.24, 2.45) is 5.92 Å². The van der Waals surface area contributed by atoms with Gasteiger partial charge in [0.2, 0.25) is 5.95 Å². The Morgan fingerprint density at radius 1 is 0.932 bits per heavy atom. The molecule has 2 saturated heterocycles. The van der Waals surface area contributed by atoms with Crippen molar-refractivity contribution < 1.29 is 37.0 Å². The normalized spacial score (nSPS) is 23.8. The molecule has 2 aliphatic carbocycles. The van der Waals surface area contributed by atoms with Crippen LogP contribution < -0.4 is 25.2 Å². The van der Waals surface area contributed by atoms with E-state index in [1.54, 1.807) is 0 Å². The highest BCUT2D eigenvalue weighted by atomic mass is 19.3. The standard InChI is InChI=1S/C42H60F3N9O5/c1-41(2,3)59-40(57)53-16-14-27(15-17-53)25-51-18-20-52(21-19-51)29-12-10-28(11-13-29)47-37(55)31-22-35(58-5)33(23-32(31)43)48-39-46-24-34-36(49-39)54(30-8-6-7-9-30)26-42(44,45)38(56)50(34)4/h22-24,27-30H,6-21,25-26H2,1-5H3,(H,47,55)(H,46,48,49). The molecule has 1 aromatic heterocycles. The first kappa shape index (κ1) is 42.7. The van der Waals surface area contributed by atoms with E-state index >= 15 is 13.2 Å². The average Bonchev–Trinajstić information content (AvgIpc) is 3.73. The molecule has 4 fully saturated rings. The minimum atomic E-state index is -3.61. The Balaban J connectivity index is 0.900. The molecule has 4 heterocycles. The third-order valence-corrected chi connectivity index (χ3v) is 12.7. The highest BCUT2D eigenvalue weighted by Crippen LogP contribution is 2.40. The first-order chi connectivity index (χ1) is 28.1. The molecule has 17 heteroatoms. The van der Waals surface area contributed by atoms with Crippen LogP contribution in [0.2, 0.25) is 0 Å². The van der Waals surface area contributed by atoms with Gasteiger partial charge >= 0.3 is 12.0 Å². The predicted octanol–water partition coefficient (Wildman–Crippen LogP) is 6.03. The SMILES string of the molecule is COc1cc(C(=O)NC2CCC(N3CCN(CC4CCN(C(=O)OC(C)(C)C)CC4)CC3)CC2)c(F)cc1Nc1ncc2c(n1)N(C1CCCC1)CC(F)(F)C(=O)N2C. The maximum absolute atomic E-state index is 15.7. The molecule has 5 aliphatic rings. The Kier molecular flexibility index (Phi) is 12.8. The van der Waals surface area contributed by atoms with Gasteiger partial charge in [0.05, 0.1) is 31.1 Å². The number of methoxy groups -OCH3 is 1. The van der Waals surface area contributed by atoms with Crippen LogP contribution in [-0.4, -0.2) is 139 Å². The van der Waals surface area contributed by atoms with E-state index < -0.39 is 35.7 Å². The number of fused-ring (bicyclic) bond motifs is 1. The third-order valence-electron chi connectivity index (χ3n) is 12.7. The summed E-state index contributed by atoms with van der Waals surface area (Å²) in [4.78, 5) is 56.7. The second-order valence-electron chi connectivity index (χ2n) is 17.9. The summed E-state index contributed by atoms with van der Waals surface area (Å²) in [5.41, 5.74) is -0.324. The van der Waals surface area contributed by atoms with Gasteiger partial charge < -0.3 is 39.7 Å². The van der Waals surface area contributed by atoms with Crippen LogP contribution in [0.1, 0.15) is 95.3 Å². The number of anilines is 4. The molecular weight excluding hydrogens is 768 g/mol. The van der Waals surface area contributed by atoms with Crippen molar-refractivity contribution in [1.29, 1.82) is 0 Å². The number of carbonyl (C=O) groups is 3. The van der Waals surface area contributed by atoms with Gasteiger partial charge in [0.15, 0.2) is 5.82 Å². The van der Waals surface area contributed by atoms with E-state index in [-0.39, 0.29) is 52.6 Å². The second-order valence-corrected chi connectivity index (χ2v) is 17.9. The largest absolute Gasteiger partial charge is 0.495 e. The molecule has 2 aromatic rings. The van der Waals surface area contributed by atoms with Crippen LogP contribution in [0.3, 0.4) is 0 Å². The molecule has 2 N–H and O–H groups in total. The number of ether oxygens (including phenoxy) is 2. The number of halogens is 3. The number of nitrogens with zero attached hydrogens (tertiary/aromatic N) is 7. The summed E-state index contributed by atoms with van der Waals surface area (Å²) in [5.74, 6) is -5.28. The van der Waals surface area contributed by atoms with Crippen molar-refractivity contribution in [2.75, 3.05) is 81.6 Å². The smallest absolute Gasteiger partial charge is 0.410 e. The molecule has 2 saturated carbocycles. The van der Waals surface area contributed by atoms with Crippen molar-refractivity contribution >= 4 is 41.0 Å². The fourth-order valence-electron chi connectivity index (χ4n) is 9.37. The molecule has 0 atom stereocenters. The van der Waals surface area contributed by atoms with Gasteiger partial charge in [0.1, 0.15) is 22.9 Å². The topological polar surface area (TPSA) is 136 Å². The van der Waals surface area contributed by atoms with Crippen LogP contribution in [0.5, 0.6) is 5.75 Å². The van der Waals surface area contributed by atoms with Crippen LogP contribution >= 0.6 is 0 Å². The van der Waals surface area contributed by atoms with Crippen LogP contribution in [-0.2, 0) is 9.53 Å². The van der Waals surface area contributed by atoms with E-state index in [4.69, 9.17) is 9.47 Å². The van der Waals surface area contributed by atoms with E-state index in [1.807, 2.05) is 25.7 Å². The quantitative estimate of drug-likeness (QED) is 0.307. The predicted molar refractivity (Wildman–Crippen MR) is 218 cm³/mol. The van der Waals surface area contributed by atoms with Crippen LogP contribution in [0.15, 0.2) is 18.3 Å². The lowest BCUT2D eigenvalue weighted by molar-refractivity contribution is -0.140. The second kappa shape index (κ2) is 17.7. The molecule has 0 radical (unpaired) electrons. The molecule has 0 spiro atoms. The highest BCUT2D eigenvalue weighted by molar-refractivity contribution is 6.02. The molecule has 3 amide bonds. The zero-order chi connectivity index (χ0) is 42.1. The number of nitrogens with one attached hydrogen (secondary N) is 2. The van der Waals surface area contributed by atoms with E-state index in [1.165, 1.54) is 31.3 Å². The number of piperidine rings is 1. The van der Waals surface area contributed by atoms with Crippen molar-refractivity contribution in [3.8, 4) is 5.75 Å². The molecule has 3 aliphatic heterocycles. The van der Waals surface area contributed by atoms with E-state index in [9.17, 15) is 14.4 Å². The fraction of sp³-hybridized carbons (Fsp3) is 0.690. The minimum Gasteiger partial charge on any atom is -0.495 e. The van der Waals surface area contributed by atoms with Gasteiger partial charge in [-0.2, -0.15) is 13.8 Å². The minimum absolute atomic E-state index is 0.00306. The molecule has 59 heavy (non-hydrogen) atoms. The maximum atomic E-state index is 15.7. The fourth-order valence-corrected chi connectivity index (χ4v) is 9.37. The number of hydrogen-bond acceptors (Lipinski definition) is 11. The first-order valence-corrected chi connectivity index (χ1v) is 21.3. The molecule has 1 aromatic carbocycles. The summed E-state index contributed by atoms with van der Waals surface area (Å²) in [6, 6.07) is 2.64. The van der Waals surface area contributed by atoms with Gasteiger partial charge in [0, 0.05) is 77.1 Å². The number of hydrogen-bond donors (Lipinski definition) is 2. The molecule has 7 rings (SSSR count). The summed E-state index contributed by atoms with van der Waals surface area (Å²) in [5, 5.41) is 5.99. The number of piperazine rings is 1. The number of carbonyl (C=O) groups excluding carboxylic acids is 3. The van der Waals surface area contributed by atoms with Crippen molar-refractivity contribution in [1.82, 2.24) is 30.0 Å². The Hall–Kier alpha value is -4.38. The van der Waals surface area contributed by atoms with Crippen LogP contribution in [0, 0.1) is 11.7 Å². The molecule has 0 bridgehead atoms. The zero-order valence-electron chi connectivity index (χ0n) is 35.1. The highest BCUT2D eigenvalue weighted by Gasteiger charge is 2.49. The molecular formula is C42H60F3N9O5. The Morgan fingerprint density at radius 3 is 2.25 bits per heavy atom. The average molecular weight is 828 g/mol. The van der Waals surface area contributed by atoms with E-state index in [0.717, 1.165) is 108 Å². The van der Waals surface area contributed by atoms with E-state index in [2.05, 4.69) is 30.4 Å². The van der Waals surface area contributed by atoms with Crippen molar-refractivity contribution in [3.05, 3.63) is 29.7 Å². The zero-order valence-corrected chi connectivity index (χ0v) is 35.1. The van der Waals surface area contributed by atoms with Gasteiger partial charge in [-0.1, -0.05) is 12.8 Å². The number of likely N-dealkylation sites (tertiary alicyclic amines) is 1. The Bertz CT molecular complexity index is 1830. The lowest BCUT2D eigenvalue weighted by Crippen LogP contribution is -2.53. The summed E-state index contributed by atoms with van der Waals surface area (Å²) in [7, 11) is 2.69. The third kappa shape index (κ3) is 9.99. The van der Waals surface area contributed by atoms with Gasteiger partial charge in [-0.3, -0.25) is 14.5 Å². The Morgan fingerprint density at radius 2 is 1.61 bits per heavy atom. The van der Waals surface area contributed by atoms with Gasteiger partial charge in [-0.15, -0.1) is 0 Å². The monoisotopic (exact) mass is 827 g/mol. The van der Waals surface area contributed by atoms with Crippen molar-refractivity contribution in [2.45, 2.75) is 115 Å². The molecule has 14 nitrogen and oxygen atoms in total. The summed E-state index contributed by atoms with van der Waals surface area (Å²) in [6.07, 6.45) is 9.75.